The molecule has 92 valence electrons. The molecule has 0 aromatic carbocycles. The average Bonchev–Trinajstić information content (AvgIpc) is 2.14. The largest absolute Gasteiger partial charge is 0.304 e. The van der Waals surface area contributed by atoms with Crippen LogP contribution in [0.4, 0.5) is 0 Å². The van der Waals surface area contributed by atoms with Gasteiger partial charge in [-0.3, -0.25) is 4.90 Å². The molecule has 0 aromatic heterocycles. The summed E-state index contributed by atoms with van der Waals surface area (Å²) < 4.78 is 0. The van der Waals surface area contributed by atoms with Gasteiger partial charge in [0.2, 0.25) is 0 Å². The summed E-state index contributed by atoms with van der Waals surface area (Å²) in [4.78, 5) is 4.98. The molecule has 0 aliphatic rings. The number of hydrogen-bond acceptors (Lipinski definition) is 2. The molecule has 0 spiro atoms. The average molecular weight is 214 g/mol. The van der Waals surface area contributed by atoms with Crippen LogP contribution in [0, 0.1) is 0 Å². The van der Waals surface area contributed by atoms with Gasteiger partial charge in [-0.05, 0) is 61.2 Å². The Balaban J connectivity index is 3.95. The van der Waals surface area contributed by atoms with E-state index < -0.39 is 0 Å². The van der Waals surface area contributed by atoms with Gasteiger partial charge in [0.25, 0.3) is 0 Å². The van der Waals surface area contributed by atoms with E-state index in [9.17, 15) is 0 Å². The highest BCUT2D eigenvalue weighted by Gasteiger charge is 2.15. The van der Waals surface area contributed by atoms with Gasteiger partial charge in [0.1, 0.15) is 0 Å². The summed E-state index contributed by atoms with van der Waals surface area (Å²) in [6.07, 6.45) is 1.26. The van der Waals surface area contributed by atoms with E-state index >= 15 is 0 Å². The number of hydrogen-bond donors (Lipinski definition) is 0. The van der Waals surface area contributed by atoms with Gasteiger partial charge in [-0.25, -0.2) is 0 Å². The van der Waals surface area contributed by atoms with Crippen molar-refractivity contribution in [3.63, 3.8) is 0 Å². The summed E-state index contributed by atoms with van der Waals surface area (Å²) >= 11 is 0. The maximum atomic E-state index is 2.56. The van der Waals surface area contributed by atoms with Crippen molar-refractivity contribution in [3.8, 4) is 0 Å². The van der Waals surface area contributed by atoms with Crippen molar-refractivity contribution in [2.45, 2.75) is 66.1 Å². The van der Waals surface area contributed by atoms with Crippen LogP contribution >= 0.6 is 0 Å². The van der Waals surface area contributed by atoms with Crippen LogP contribution in [0.25, 0.3) is 0 Å². The van der Waals surface area contributed by atoms with Gasteiger partial charge in [-0.2, -0.15) is 0 Å². The maximum Gasteiger partial charge on any atom is 0.00816 e. The molecule has 0 rings (SSSR count). The molecule has 0 aromatic rings. The van der Waals surface area contributed by atoms with Gasteiger partial charge in [0.05, 0.1) is 0 Å². The van der Waals surface area contributed by atoms with Crippen LogP contribution in [0.3, 0.4) is 0 Å². The number of rotatable bonds is 7. The van der Waals surface area contributed by atoms with E-state index in [-0.39, 0.29) is 0 Å². The van der Waals surface area contributed by atoms with E-state index in [4.69, 9.17) is 0 Å². The molecule has 0 fully saturated rings. The van der Waals surface area contributed by atoms with Gasteiger partial charge in [-0.1, -0.05) is 6.92 Å². The topological polar surface area (TPSA) is 6.48 Å². The first-order valence-corrected chi connectivity index (χ1v) is 6.36. The Morgan fingerprint density at radius 3 is 1.80 bits per heavy atom. The van der Waals surface area contributed by atoms with Crippen molar-refractivity contribution in [2.24, 2.45) is 0 Å². The molecule has 15 heavy (non-hydrogen) atoms. The molecule has 2 heteroatoms. The monoisotopic (exact) mass is 214 g/mol. The molecule has 2 nitrogen and oxygen atoms in total. The fourth-order valence-corrected chi connectivity index (χ4v) is 2.00. The van der Waals surface area contributed by atoms with E-state index in [1.165, 1.54) is 13.0 Å². The summed E-state index contributed by atoms with van der Waals surface area (Å²) in [7, 11) is 2.21. The van der Waals surface area contributed by atoms with Crippen LogP contribution in [-0.4, -0.2) is 48.1 Å². The lowest BCUT2D eigenvalue weighted by Crippen LogP contribution is -2.40. The normalized spacial score (nSPS) is 14.6. The first-order valence-electron chi connectivity index (χ1n) is 6.36. The van der Waals surface area contributed by atoms with Crippen LogP contribution in [0.1, 0.15) is 48.0 Å². The second-order valence-electron chi connectivity index (χ2n) is 5.14. The third kappa shape index (κ3) is 5.53. The zero-order chi connectivity index (χ0) is 12.0. The highest BCUT2D eigenvalue weighted by molar-refractivity contribution is 4.71. The smallest absolute Gasteiger partial charge is 0.00816 e. The predicted octanol–water partition coefficient (Wildman–Crippen LogP) is 2.84. The first kappa shape index (κ1) is 14.9. The molecule has 1 unspecified atom stereocenters. The zero-order valence-electron chi connectivity index (χ0n) is 11.7. The Kier molecular flexibility index (Phi) is 7.20. The second kappa shape index (κ2) is 7.24. The van der Waals surface area contributed by atoms with E-state index in [1.807, 2.05) is 0 Å². The molecule has 0 bridgehead atoms. The molecule has 0 radical (unpaired) electrons. The molecule has 0 aliphatic carbocycles. The van der Waals surface area contributed by atoms with Gasteiger partial charge in [0, 0.05) is 18.1 Å². The summed E-state index contributed by atoms with van der Waals surface area (Å²) in [6, 6.07) is 2.01. The van der Waals surface area contributed by atoms with Gasteiger partial charge in [-0.15, -0.1) is 0 Å². The van der Waals surface area contributed by atoms with E-state index in [0.29, 0.717) is 18.1 Å². The molecule has 0 saturated heterocycles. The van der Waals surface area contributed by atoms with Crippen LogP contribution in [0.15, 0.2) is 0 Å². The predicted molar refractivity (Wildman–Crippen MR) is 69.4 cm³/mol. The standard InChI is InChI=1S/C13H30N2/c1-8-15(12(4)5)13(6)9-10-14(7)11(2)3/h11-13H,8-10H2,1-7H3. The first-order chi connectivity index (χ1) is 6.90. The fourth-order valence-electron chi connectivity index (χ4n) is 2.00. The lowest BCUT2D eigenvalue weighted by Gasteiger charge is -2.33. The lowest BCUT2D eigenvalue weighted by molar-refractivity contribution is 0.147. The molecular formula is C13H30N2. The number of nitrogens with zero attached hydrogens (tertiary/aromatic N) is 2. The lowest BCUT2D eigenvalue weighted by atomic mass is 10.1. The molecule has 0 saturated carbocycles. The highest BCUT2D eigenvalue weighted by atomic mass is 15.2. The minimum absolute atomic E-state index is 0.659. The Morgan fingerprint density at radius 2 is 1.47 bits per heavy atom. The van der Waals surface area contributed by atoms with Crippen molar-refractivity contribution in [1.29, 1.82) is 0 Å². The van der Waals surface area contributed by atoms with E-state index in [0.717, 1.165) is 6.54 Å². The van der Waals surface area contributed by atoms with Crippen LogP contribution < -0.4 is 0 Å². The van der Waals surface area contributed by atoms with Crippen molar-refractivity contribution in [2.75, 3.05) is 20.1 Å². The SMILES string of the molecule is CCN(C(C)C)C(C)CCN(C)C(C)C. The third-order valence-corrected chi connectivity index (χ3v) is 3.38. The fraction of sp³-hybridized carbons (Fsp3) is 1.00. The highest BCUT2D eigenvalue weighted by Crippen LogP contribution is 2.09. The Labute approximate surface area is 96.6 Å². The molecule has 0 amide bonds. The summed E-state index contributed by atoms with van der Waals surface area (Å²) in [5, 5.41) is 0. The van der Waals surface area contributed by atoms with Crippen molar-refractivity contribution < 1.29 is 0 Å². The van der Waals surface area contributed by atoms with Crippen LogP contribution in [0.5, 0.6) is 0 Å². The maximum absolute atomic E-state index is 2.56. The van der Waals surface area contributed by atoms with Crippen molar-refractivity contribution >= 4 is 0 Å². The minimum Gasteiger partial charge on any atom is -0.304 e. The minimum atomic E-state index is 0.659. The van der Waals surface area contributed by atoms with Gasteiger partial charge < -0.3 is 4.90 Å². The Hall–Kier alpha value is -0.0800. The van der Waals surface area contributed by atoms with Crippen molar-refractivity contribution in [3.05, 3.63) is 0 Å². The van der Waals surface area contributed by atoms with Crippen molar-refractivity contribution in [1.82, 2.24) is 9.80 Å². The van der Waals surface area contributed by atoms with E-state index in [1.54, 1.807) is 0 Å². The quantitative estimate of drug-likeness (QED) is 0.643. The second-order valence-corrected chi connectivity index (χ2v) is 5.14. The van der Waals surface area contributed by atoms with Crippen LogP contribution in [-0.2, 0) is 0 Å². The Bertz CT molecular complexity index is 155. The molecule has 0 N–H and O–H groups in total. The van der Waals surface area contributed by atoms with Gasteiger partial charge in [0.15, 0.2) is 0 Å². The molecule has 0 aliphatic heterocycles. The molecule has 1 atom stereocenters. The summed E-state index contributed by atoms with van der Waals surface area (Å²) in [5.74, 6) is 0. The summed E-state index contributed by atoms with van der Waals surface area (Å²) in [5.41, 5.74) is 0. The molecule has 0 heterocycles. The van der Waals surface area contributed by atoms with Gasteiger partial charge >= 0.3 is 0 Å². The third-order valence-electron chi connectivity index (χ3n) is 3.38. The summed E-state index contributed by atoms with van der Waals surface area (Å²) in [6.45, 7) is 16.0. The zero-order valence-corrected chi connectivity index (χ0v) is 11.7. The molecular weight excluding hydrogens is 184 g/mol. The van der Waals surface area contributed by atoms with Crippen LogP contribution in [0.2, 0.25) is 0 Å². The van der Waals surface area contributed by atoms with E-state index in [2.05, 4.69) is 58.4 Å². The Morgan fingerprint density at radius 1 is 0.933 bits per heavy atom.